The number of ketones is 1. The smallest absolute Gasteiger partial charge is 0.243 e. The van der Waals surface area contributed by atoms with E-state index in [1.54, 1.807) is 30.3 Å². The van der Waals surface area contributed by atoms with Crippen LogP contribution in [-0.2, 0) is 14.8 Å². The summed E-state index contributed by atoms with van der Waals surface area (Å²) in [6, 6.07) is 14.4. The molecule has 0 unspecified atom stereocenters. The molecule has 0 radical (unpaired) electrons. The van der Waals surface area contributed by atoms with Crippen LogP contribution in [0.4, 0.5) is 0 Å². The molecule has 0 atom stereocenters. The first-order chi connectivity index (χ1) is 15.8. The molecule has 2 aliphatic rings. The number of sulfonamides is 1. The van der Waals surface area contributed by atoms with Gasteiger partial charge in [-0.15, -0.1) is 0 Å². The van der Waals surface area contributed by atoms with Crippen molar-refractivity contribution in [3.63, 3.8) is 0 Å². The van der Waals surface area contributed by atoms with E-state index in [0.717, 1.165) is 16.7 Å². The lowest BCUT2D eigenvalue weighted by Crippen LogP contribution is -2.47. The Balaban J connectivity index is 1.30. The summed E-state index contributed by atoms with van der Waals surface area (Å²) in [5.74, 6) is 0.0790. The lowest BCUT2D eigenvalue weighted by Gasteiger charge is -2.36. The van der Waals surface area contributed by atoms with Gasteiger partial charge in [-0.1, -0.05) is 42.0 Å². The standard InChI is InChI=1S/C26H32N2O4S/c1-19-8-9-24(20(2)18-19)25(29)21-10-14-27(15-11-21)26(30)22-12-16-28(17-13-22)33(31,32)23-6-4-3-5-7-23/h3-9,18,21-22H,10-17H2,1-2H3. The number of amides is 1. The molecule has 4 rings (SSSR count). The second-order valence-electron chi connectivity index (χ2n) is 9.27. The van der Waals surface area contributed by atoms with E-state index in [1.165, 1.54) is 4.31 Å². The Bertz CT molecular complexity index is 1110. The van der Waals surface area contributed by atoms with Gasteiger partial charge in [0.25, 0.3) is 0 Å². The van der Waals surface area contributed by atoms with Crippen molar-refractivity contribution in [3.05, 3.63) is 65.2 Å². The van der Waals surface area contributed by atoms with Crippen molar-refractivity contribution in [1.82, 2.24) is 9.21 Å². The number of benzene rings is 2. The molecule has 176 valence electrons. The minimum absolute atomic E-state index is 0.0479. The van der Waals surface area contributed by atoms with E-state index < -0.39 is 10.0 Å². The van der Waals surface area contributed by atoms with E-state index in [9.17, 15) is 18.0 Å². The summed E-state index contributed by atoms with van der Waals surface area (Å²) in [6.07, 6.45) is 2.43. The van der Waals surface area contributed by atoms with E-state index in [2.05, 4.69) is 0 Å². The summed E-state index contributed by atoms with van der Waals surface area (Å²) in [4.78, 5) is 28.3. The summed E-state index contributed by atoms with van der Waals surface area (Å²) < 4.78 is 27.1. The lowest BCUT2D eigenvalue weighted by atomic mass is 9.86. The molecule has 7 heteroatoms. The molecule has 6 nitrogen and oxygen atoms in total. The van der Waals surface area contributed by atoms with E-state index in [1.807, 2.05) is 36.9 Å². The third-order valence-electron chi connectivity index (χ3n) is 7.01. The van der Waals surface area contributed by atoms with E-state index in [-0.39, 0.29) is 23.5 Å². The van der Waals surface area contributed by atoms with Crippen molar-refractivity contribution in [2.45, 2.75) is 44.4 Å². The van der Waals surface area contributed by atoms with Crippen LogP contribution in [0.2, 0.25) is 0 Å². The molecule has 0 spiro atoms. The van der Waals surface area contributed by atoms with Gasteiger partial charge in [-0.3, -0.25) is 9.59 Å². The maximum atomic E-state index is 13.1. The summed E-state index contributed by atoms with van der Waals surface area (Å²) in [5.41, 5.74) is 2.94. The number of nitrogens with zero attached hydrogens (tertiary/aromatic N) is 2. The Morgan fingerprint density at radius 2 is 1.42 bits per heavy atom. The van der Waals surface area contributed by atoms with Crippen molar-refractivity contribution >= 4 is 21.7 Å². The first-order valence-electron chi connectivity index (χ1n) is 11.7. The second kappa shape index (κ2) is 9.77. The van der Waals surface area contributed by atoms with Crippen LogP contribution < -0.4 is 0 Å². The number of hydrogen-bond acceptors (Lipinski definition) is 4. The number of hydrogen-bond donors (Lipinski definition) is 0. The van der Waals surface area contributed by atoms with Crippen molar-refractivity contribution in [3.8, 4) is 0 Å². The fraction of sp³-hybridized carbons (Fsp3) is 0.462. The van der Waals surface area contributed by atoms with Crippen LogP contribution in [0, 0.1) is 25.7 Å². The first kappa shape index (κ1) is 23.6. The van der Waals surface area contributed by atoms with Gasteiger partial charge < -0.3 is 4.90 Å². The van der Waals surface area contributed by atoms with Gasteiger partial charge in [0.15, 0.2) is 5.78 Å². The molecule has 0 bridgehead atoms. The fourth-order valence-corrected chi connectivity index (χ4v) is 6.51. The van der Waals surface area contributed by atoms with Crippen molar-refractivity contribution < 1.29 is 18.0 Å². The van der Waals surface area contributed by atoms with E-state index >= 15 is 0 Å². The largest absolute Gasteiger partial charge is 0.342 e. The molecule has 2 aromatic carbocycles. The molecule has 0 saturated carbocycles. The summed E-state index contributed by atoms with van der Waals surface area (Å²) in [5, 5.41) is 0. The predicted molar refractivity (Wildman–Crippen MR) is 127 cm³/mol. The number of carbonyl (C=O) groups excluding carboxylic acids is 2. The summed E-state index contributed by atoms with van der Waals surface area (Å²) in [6.45, 7) is 5.88. The molecule has 2 aromatic rings. The molecule has 2 aliphatic heterocycles. The topological polar surface area (TPSA) is 74.8 Å². The summed E-state index contributed by atoms with van der Waals surface area (Å²) >= 11 is 0. The molecule has 2 fully saturated rings. The average Bonchev–Trinajstić information content (AvgIpc) is 2.84. The van der Waals surface area contributed by atoms with Crippen LogP contribution in [0.15, 0.2) is 53.4 Å². The van der Waals surface area contributed by atoms with Gasteiger partial charge in [-0.2, -0.15) is 4.31 Å². The fourth-order valence-electron chi connectivity index (χ4n) is 5.01. The highest BCUT2D eigenvalue weighted by atomic mass is 32.2. The van der Waals surface area contributed by atoms with Gasteiger partial charge in [0.1, 0.15) is 0 Å². The van der Waals surface area contributed by atoms with Gasteiger partial charge in [0.2, 0.25) is 15.9 Å². The molecule has 0 aliphatic carbocycles. The molecular weight excluding hydrogens is 436 g/mol. The van der Waals surface area contributed by atoms with Crippen LogP contribution in [0.5, 0.6) is 0 Å². The van der Waals surface area contributed by atoms with Crippen LogP contribution >= 0.6 is 0 Å². The second-order valence-corrected chi connectivity index (χ2v) is 11.2. The lowest BCUT2D eigenvalue weighted by molar-refractivity contribution is -0.138. The Morgan fingerprint density at radius 3 is 2.03 bits per heavy atom. The first-order valence-corrected chi connectivity index (χ1v) is 13.2. The predicted octanol–water partition coefficient (Wildman–Crippen LogP) is 3.83. The number of rotatable bonds is 5. The van der Waals surface area contributed by atoms with Gasteiger partial charge in [-0.25, -0.2) is 8.42 Å². The van der Waals surface area contributed by atoms with Gasteiger partial charge in [0, 0.05) is 43.6 Å². The molecule has 0 N–H and O–H groups in total. The minimum Gasteiger partial charge on any atom is -0.342 e. The van der Waals surface area contributed by atoms with Crippen LogP contribution in [-0.4, -0.2) is 55.5 Å². The Labute approximate surface area is 196 Å². The number of likely N-dealkylation sites (tertiary alicyclic amines) is 1. The zero-order valence-electron chi connectivity index (χ0n) is 19.4. The maximum absolute atomic E-state index is 13.1. The van der Waals surface area contributed by atoms with E-state index in [4.69, 9.17) is 0 Å². The van der Waals surface area contributed by atoms with Gasteiger partial charge >= 0.3 is 0 Å². The van der Waals surface area contributed by atoms with Crippen LogP contribution in [0.1, 0.15) is 47.2 Å². The number of aryl methyl sites for hydroxylation is 2. The summed E-state index contributed by atoms with van der Waals surface area (Å²) in [7, 11) is -3.51. The van der Waals surface area contributed by atoms with Gasteiger partial charge in [-0.05, 0) is 57.2 Å². The van der Waals surface area contributed by atoms with Crippen molar-refractivity contribution in [2.24, 2.45) is 11.8 Å². The zero-order chi connectivity index (χ0) is 23.6. The molecule has 0 aromatic heterocycles. The maximum Gasteiger partial charge on any atom is 0.243 e. The monoisotopic (exact) mass is 468 g/mol. The Kier molecular flexibility index (Phi) is 7.00. The third kappa shape index (κ3) is 5.04. The molecule has 1 amide bonds. The number of piperidine rings is 2. The normalized spacial score (nSPS) is 18.9. The molecule has 33 heavy (non-hydrogen) atoms. The highest BCUT2D eigenvalue weighted by Gasteiger charge is 2.35. The number of carbonyl (C=O) groups is 2. The highest BCUT2D eigenvalue weighted by molar-refractivity contribution is 7.89. The van der Waals surface area contributed by atoms with Gasteiger partial charge in [0.05, 0.1) is 4.90 Å². The quantitative estimate of drug-likeness (QED) is 0.625. The van der Waals surface area contributed by atoms with Crippen LogP contribution in [0.25, 0.3) is 0 Å². The molecule has 2 heterocycles. The van der Waals surface area contributed by atoms with E-state index in [0.29, 0.717) is 56.8 Å². The van der Waals surface area contributed by atoms with Crippen molar-refractivity contribution in [1.29, 1.82) is 0 Å². The SMILES string of the molecule is Cc1ccc(C(=O)C2CCN(C(=O)C3CCN(S(=O)(=O)c4ccccc4)CC3)CC2)c(C)c1. The Morgan fingerprint density at radius 1 is 0.818 bits per heavy atom. The molecular formula is C26H32N2O4S. The van der Waals surface area contributed by atoms with Crippen molar-refractivity contribution in [2.75, 3.05) is 26.2 Å². The average molecular weight is 469 g/mol. The Hall–Kier alpha value is -2.51. The molecule has 2 saturated heterocycles. The van der Waals surface area contributed by atoms with Crippen LogP contribution in [0.3, 0.4) is 0 Å². The highest BCUT2D eigenvalue weighted by Crippen LogP contribution is 2.28. The minimum atomic E-state index is -3.51. The number of Topliss-reactive ketones (excluding diaryl/α,β-unsaturated/α-hetero) is 1. The zero-order valence-corrected chi connectivity index (χ0v) is 20.2. The third-order valence-corrected chi connectivity index (χ3v) is 8.92.